The van der Waals surface area contributed by atoms with E-state index in [4.69, 9.17) is 0 Å². The molecule has 124 valence electrons. The van der Waals surface area contributed by atoms with Gasteiger partial charge in [-0.3, -0.25) is 0 Å². The molecule has 0 bridgehead atoms. The second-order valence-corrected chi connectivity index (χ2v) is 17.9. The van der Waals surface area contributed by atoms with Gasteiger partial charge >= 0.3 is 0 Å². The van der Waals surface area contributed by atoms with Crippen molar-refractivity contribution in [3.8, 4) is 0 Å². The molecule has 0 aromatic heterocycles. The van der Waals surface area contributed by atoms with Crippen molar-refractivity contribution in [2.24, 2.45) is 0 Å². The number of hydrogen-bond acceptors (Lipinski definition) is 0. The summed E-state index contributed by atoms with van der Waals surface area (Å²) in [5.74, 6) is 0. The van der Waals surface area contributed by atoms with Gasteiger partial charge in [-0.05, 0) is 26.7 Å². The summed E-state index contributed by atoms with van der Waals surface area (Å²) in [6.45, 7) is 9.58. The molecule has 2 fully saturated rings. The van der Waals surface area contributed by atoms with Crippen LogP contribution in [-0.2, 0) is 21.7 Å². The maximum atomic E-state index is 2.54. The zero-order valence-corrected chi connectivity index (χ0v) is 19.0. The molecule has 0 N–H and O–H groups in total. The summed E-state index contributed by atoms with van der Waals surface area (Å²) in [7, 11) is -1.64. The van der Waals surface area contributed by atoms with Crippen molar-refractivity contribution in [3.63, 3.8) is 0 Å². The smallest absolute Gasteiger partial charge is 0.0812 e. The first kappa shape index (κ1) is 19.4. The van der Waals surface area contributed by atoms with Crippen molar-refractivity contribution in [2.75, 3.05) is 0 Å². The van der Waals surface area contributed by atoms with E-state index in [-0.39, 0.29) is 21.7 Å². The Balaban J connectivity index is 0.000000160. The van der Waals surface area contributed by atoms with Gasteiger partial charge < -0.3 is 0 Å². The monoisotopic (exact) mass is 376 g/mol. The van der Waals surface area contributed by atoms with Crippen LogP contribution in [0.4, 0.5) is 0 Å². The van der Waals surface area contributed by atoms with Crippen molar-refractivity contribution in [3.05, 3.63) is 45.8 Å². The zero-order valence-electron chi connectivity index (χ0n) is 15.5. The quantitative estimate of drug-likeness (QED) is 0.478. The largest absolute Gasteiger partial charge is 0.0832 e. The van der Waals surface area contributed by atoms with Gasteiger partial charge in [0.25, 0.3) is 0 Å². The van der Waals surface area contributed by atoms with Crippen molar-refractivity contribution >= 4 is 16.1 Å². The molecule has 0 aromatic carbocycles. The second-order valence-electron chi connectivity index (χ2n) is 8.54. The molecule has 2 aliphatic heterocycles. The number of rotatable bonds is 2. The molecule has 2 heterocycles. The van der Waals surface area contributed by atoms with Gasteiger partial charge in [-0.25, -0.2) is 0 Å². The molecule has 0 aromatic rings. The van der Waals surface area contributed by atoms with Gasteiger partial charge in [-0.2, -0.15) is 0 Å². The van der Waals surface area contributed by atoms with E-state index in [9.17, 15) is 0 Å². The van der Waals surface area contributed by atoms with Crippen LogP contribution >= 0.6 is 0 Å². The van der Waals surface area contributed by atoms with Crippen LogP contribution in [0.5, 0.6) is 0 Å². The van der Waals surface area contributed by atoms with E-state index >= 15 is 0 Å². The summed E-state index contributed by atoms with van der Waals surface area (Å²) in [5, 5.41) is 3.50. The first-order valence-corrected chi connectivity index (χ1v) is 15.0. The molecule has 0 nitrogen and oxygen atoms in total. The van der Waals surface area contributed by atoms with Crippen molar-refractivity contribution in [1.82, 2.24) is 0 Å². The van der Waals surface area contributed by atoms with Gasteiger partial charge in [-0.15, -0.1) is 0 Å². The normalized spacial score (nSPS) is 26.3. The molecule has 0 atom stereocenters. The minimum atomic E-state index is -0.821. The van der Waals surface area contributed by atoms with Crippen LogP contribution in [0, 0.1) is 0 Å². The first-order chi connectivity index (χ1) is 10.4. The summed E-state index contributed by atoms with van der Waals surface area (Å²) in [6.07, 6.45) is 15.3. The van der Waals surface area contributed by atoms with Crippen LogP contribution in [0.15, 0.2) is 45.8 Å². The van der Waals surface area contributed by atoms with Crippen LogP contribution < -0.4 is 0 Å². The molecule has 0 radical (unpaired) electrons. The molecule has 4 rings (SSSR count). The molecule has 23 heavy (non-hydrogen) atoms. The number of hydrogen-bond donors (Lipinski definition) is 0. The second kappa shape index (κ2) is 7.56. The molecule has 0 amide bonds. The Bertz CT molecular complexity index is 520. The Labute approximate surface area is 160 Å². The Morgan fingerprint density at radius 2 is 1.04 bits per heavy atom. The van der Waals surface area contributed by atoms with Gasteiger partial charge in [-0.1, -0.05) is 96.0 Å². The molecular formula is C20H32Si2Ti. The average molecular weight is 377 g/mol. The molecule has 2 saturated heterocycles. The summed E-state index contributed by atoms with van der Waals surface area (Å²) < 4.78 is 0. The Morgan fingerprint density at radius 1 is 0.696 bits per heavy atom. The third kappa shape index (κ3) is 4.20. The minimum Gasteiger partial charge on any atom is -0.0812 e. The van der Waals surface area contributed by atoms with Crippen molar-refractivity contribution in [1.29, 1.82) is 0 Å². The molecule has 4 aliphatic rings. The standard InChI is InChI=1S/2C10H16Si.Ti/c2*1-9-4-5-10(8-9)11(2)6-3-7-11;/h2*5,8H,3-4,6-7H2,1-2H3;. The van der Waals surface area contributed by atoms with E-state index in [1.54, 1.807) is 45.7 Å². The summed E-state index contributed by atoms with van der Waals surface area (Å²) in [6, 6.07) is 6.18. The van der Waals surface area contributed by atoms with Crippen LogP contribution in [0.2, 0.25) is 37.3 Å². The fraction of sp³-hybridized carbons (Fsp3) is 0.600. The fourth-order valence-electron chi connectivity index (χ4n) is 4.14. The SMILES string of the molecule is CC1=CC([Si]2(C)CCC2)=CC1.CC1=CC([Si]2(C)CCC2)=CC1.[Ti]. The first-order valence-electron chi connectivity index (χ1n) is 9.17. The van der Waals surface area contributed by atoms with E-state index in [0.29, 0.717) is 0 Å². The third-order valence-corrected chi connectivity index (χ3v) is 15.7. The summed E-state index contributed by atoms with van der Waals surface area (Å²) in [5.41, 5.74) is 3.14. The van der Waals surface area contributed by atoms with Crippen LogP contribution in [0.25, 0.3) is 0 Å². The van der Waals surface area contributed by atoms with Gasteiger partial charge in [0.2, 0.25) is 0 Å². The van der Waals surface area contributed by atoms with E-state index in [0.717, 1.165) is 0 Å². The maximum absolute atomic E-state index is 2.54. The van der Waals surface area contributed by atoms with E-state index in [1.807, 2.05) is 0 Å². The van der Waals surface area contributed by atoms with Crippen LogP contribution in [-0.4, -0.2) is 16.1 Å². The van der Waals surface area contributed by atoms with Gasteiger partial charge in [0.05, 0.1) is 16.1 Å². The van der Waals surface area contributed by atoms with Gasteiger partial charge in [0, 0.05) is 21.7 Å². The van der Waals surface area contributed by atoms with Crippen LogP contribution in [0.1, 0.15) is 39.5 Å². The fourth-order valence-corrected chi connectivity index (χ4v) is 10.5. The molecule has 0 saturated carbocycles. The Morgan fingerprint density at radius 3 is 1.22 bits per heavy atom. The Kier molecular flexibility index (Phi) is 6.38. The van der Waals surface area contributed by atoms with Gasteiger partial charge in [0.1, 0.15) is 0 Å². The van der Waals surface area contributed by atoms with E-state index in [2.05, 4.69) is 51.2 Å². The summed E-state index contributed by atoms with van der Waals surface area (Å²) >= 11 is 0. The summed E-state index contributed by atoms with van der Waals surface area (Å²) in [4.78, 5) is 0. The van der Waals surface area contributed by atoms with Gasteiger partial charge in [0.15, 0.2) is 0 Å². The molecule has 3 heteroatoms. The molecular weight excluding hydrogens is 344 g/mol. The van der Waals surface area contributed by atoms with Crippen LogP contribution in [0.3, 0.4) is 0 Å². The average Bonchev–Trinajstić information content (AvgIpc) is 3.03. The third-order valence-electron chi connectivity index (χ3n) is 6.40. The molecule has 0 unspecified atom stereocenters. The topological polar surface area (TPSA) is 0 Å². The maximum Gasteiger partial charge on any atom is 0.0832 e. The molecule has 0 spiro atoms. The van der Waals surface area contributed by atoms with Crippen molar-refractivity contribution < 1.29 is 21.7 Å². The zero-order chi connectivity index (χ0) is 15.8. The molecule has 2 aliphatic carbocycles. The van der Waals surface area contributed by atoms with Crippen molar-refractivity contribution in [2.45, 2.75) is 76.8 Å². The Hall–Kier alpha value is 0.108. The van der Waals surface area contributed by atoms with E-state index < -0.39 is 16.1 Å². The van der Waals surface area contributed by atoms with E-state index in [1.165, 1.54) is 25.7 Å². The minimum absolute atomic E-state index is 0. The number of allylic oxidation sites excluding steroid dienone is 8. The predicted octanol–water partition coefficient (Wildman–Crippen LogP) is 6.57. The predicted molar refractivity (Wildman–Crippen MR) is 105 cm³/mol.